The van der Waals surface area contributed by atoms with Crippen molar-refractivity contribution < 1.29 is 4.74 Å². The van der Waals surface area contributed by atoms with Crippen LogP contribution >= 0.6 is 11.3 Å². The molecule has 2 rings (SSSR count). The van der Waals surface area contributed by atoms with Crippen LogP contribution in [0.4, 0.5) is 5.69 Å². The van der Waals surface area contributed by atoms with Crippen molar-refractivity contribution in [2.24, 2.45) is 0 Å². The van der Waals surface area contributed by atoms with Gasteiger partial charge in [0.1, 0.15) is 0 Å². The van der Waals surface area contributed by atoms with E-state index in [4.69, 9.17) is 4.74 Å². The fraction of sp³-hybridized carbons (Fsp3) is 0.273. The molecule has 5 heteroatoms. The Morgan fingerprint density at radius 3 is 2.94 bits per heavy atom. The number of methoxy groups -OCH3 is 1. The number of hydrogen-bond donors (Lipinski definition) is 1. The zero-order chi connectivity index (χ0) is 11.4. The molecule has 0 fully saturated rings. The summed E-state index contributed by atoms with van der Waals surface area (Å²) in [4.78, 5) is 9.53. The van der Waals surface area contributed by atoms with Gasteiger partial charge >= 0.3 is 0 Å². The predicted octanol–water partition coefficient (Wildman–Crippen LogP) is 2.47. The highest BCUT2D eigenvalue weighted by Gasteiger charge is 2.02. The minimum absolute atomic E-state index is 0.640. The van der Waals surface area contributed by atoms with Gasteiger partial charge in [0.2, 0.25) is 5.88 Å². The average Bonchev–Trinajstić information content (AvgIpc) is 2.80. The number of rotatable bonds is 4. The second-order valence-corrected chi connectivity index (χ2v) is 4.28. The Bertz CT molecular complexity index is 456. The number of aryl methyl sites for hydroxylation is 1. The Balaban J connectivity index is 2.04. The van der Waals surface area contributed by atoms with Gasteiger partial charge in [-0.1, -0.05) is 0 Å². The van der Waals surface area contributed by atoms with Crippen LogP contribution in [-0.4, -0.2) is 17.1 Å². The fourth-order valence-corrected chi connectivity index (χ4v) is 1.88. The van der Waals surface area contributed by atoms with Gasteiger partial charge in [-0.2, -0.15) is 0 Å². The van der Waals surface area contributed by atoms with Crippen molar-refractivity contribution in [3.63, 3.8) is 0 Å². The lowest BCUT2D eigenvalue weighted by Gasteiger charge is -2.08. The molecule has 4 nitrogen and oxygen atoms in total. The molecule has 0 spiro atoms. The summed E-state index contributed by atoms with van der Waals surface area (Å²) in [6, 6.07) is 3.82. The molecular weight excluding hydrogens is 222 g/mol. The van der Waals surface area contributed by atoms with Crippen LogP contribution in [0.2, 0.25) is 0 Å². The third kappa shape index (κ3) is 2.49. The first-order valence-corrected chi connectivity index (χ1v) is 5.80. The van der Waals surface area contributed by atoms with Crippen LogP contribution in [0.25, 0.3) is 0 Å². The average molecular weight is 235 g/mol. The summed E-state index contributed by atoms with van der Waals surface area (Å²) < 4.78 is 5.05. The third-order valence-corrected chi connectivity index (χ3v) is 2.99. The second kappa shape index (κ2) is 4.94. The Kier molecular flexibility index (Phi) is 3.36. The first-order valence-electron chi connectivity index (χ1n) is 4.92. The summed E-state index contributed by atoms with van der Waals surface area (Å²) >= 11 is 1.64. The Labute approximate surface area is 98.3 Å². The van der Waals surface area contributed by atoms with Gasteiger partial charge in [-0.05, 0) is 13.0 Å². The zero-order valence-electron chi connectivity index (χ0n) is 9.23. The van der Waals surface area contributed by atoms with Crippen LogP contribution in [0.15, 0.2) is 23.8 Å². The van der Waals surface area contributed by atoms with E-state index in [1.54, 1.807) is 18.4 Å². The van der Waals surface area contributed by atoms with Gasteiger partial charge in [-0.15, -0.1) is 11.3 Å². The van der Waals surface area contributed by atoms with Crippen molar-refractivity contribution in [1.82, 2.24) is 9.97 Å². The first kappa shape index (κ1) is 10.9. The summed E-state index contributed by atoms with van der Waals surface area (Å²) in [5.74, 6) is 0.640. The van der Waals surface area contributed by atoms with Gasteiger partial charge < -0.3 is 10.1 Å². The summed E-state index contributed by atoms with van der Waals surface area (Å²) in [7, 11) is 1.62. The molecule has 0 radical (unpaired) electrons. The predicted molar refractivity (Wildman–Crippen MR) is 65.0 cm³/mol. The molecule has 2 aromatic rings. The van der Waals surface area contributed by atoms with Gasteiger partial charge in [-0.25, -0.2) is 4.98 Å². The van der Waals surface area contributed by atoms with Crippen LogP contribution in [0, 0.1) is 6.92 Å². The van der Waals surface area contributed by atoms with Gasteiger partial charge in [-0.3, -0.25) is 4.98 Å². The number of pyridine rings is 1. The van der Waals surface area contributed by atoms with E-state index in [0.29, 0.717) is 5.88 Å². The molecule has 0 saturated carbocycles. The largest absolute Gasteiger partial charge is 0.481 e. The molecule has 0 unspecified atom stereocenters. The maximum atomic E-state index is 5.05. The van der Waals surface area contributed by atoms with Crippen LogP contribution in [0.5, 0.6) is 5.88 Å². The molecule has 0 bridgehead atoms. The zero-order valence-corrected chi connectivity index (χ0v) is 10.0. The normalized spacial score (nSPS) is 10.1. The Hall–Kier alpha value is -1.62. The fourth-order valence-electron chi connectivity index (χ4n) is 1.35. The van der Waals surface area contributed by atoms with Crippen molar-refractivity contribution in [1.29, 1.82) is 0 Å². The molecular formula is C11H13N3OS. The summed E-state index contributed by atoms with van der Waals surface area (Å²) in [6.45, 7) is 2.73. The van der Waals surface area contributed by atoms with Crippen molar-refractivity contribution in [2.45, 2.75) is 13.5 Å². The van der Waals surface area contributed by atoms with Gasteiger partial charge in [0.25, 0.3) is 0 Å². The maximum Gasteiger partial charge on any atom is 0.213 e. The number of nitrogens with one attached hydrogen (secondary N) is 1. The summed E-state index contributed by atoms with van der Waals surface area (Å²) in [6.07, 6.45) is 1.87. The first-order chi connectivity index (χ1) is 7.79. The van der Waals surface area contributed by atoms with E-state index in [0.717, 1.165) is 17.9 Å². The van der Waals surface area contributed by atoms with Crippen molar-refractivity contribution in [3.8, 4) is 5.88 Å². The molecule has 16 heavy (non-hydrogen) atoms. The molecule has 0 atom stereocenters. The molecule has 0 aliphatic heterocycles. The van der Waals surface area contributed by atoms with E-state index < -0.39 is 0 Å². The minimum atomic E-state index is 0.640. The third-order valence-electron chi connectivity index (χ3n) is 2.21. The SMILES string of the molecule is COc1ccc(NCc2cncs2)c(C)n1. The number of anilines is 1. The Morgan fingerprint density at radius 1 is 1.44 bits per heavy atom. The molecule has 0 amide bonds. The monoisotopic (exact) mass is 235 g/mol. The molecule has 1 N–H and O–H groups in total. The molecule has 84 valence electrons. The molecule has 0 saturated heterocycles. The van der Waals surface area contributed by atoms with Crippen LogP contribution in [-0.2, 0) is 6.54 Å². The van der Waals surface area contributed by atoms with E-state index in [1.165, 1.54) is 4.88 Å². The second-order valence-electron chi connectivity index (χ2n) is 3.31. The van der Waals surface area contributed by atoms with Crippen molar-refractivity contribution >= 4 is 17.0 Å². The molecule has 0 aliphatic carbocycles. The van der Waals surface area contributed by atoms with Crippen LogP contribution in [0.1, 0.15) is 10.6 Å². The topological polar surface area (TPSA) is 47.0 Å². The number of aromatic nitrogens is 2. The lowest BCUT2D eigenvalue weighted by molar-refractivity contribution is 0.397. The molecule has 0 aliphatic rings. The lowest BCUT2D eigenvalue weighted by atomic mass is 10.3. The lowest BCUT2D eigenvalue weighted by Crippen LogP contribution is -2.01. The number of nitrogens with zero attached hydrogens (tertiary/aromatic N) is 2. The number of hydrogen-bond acceptors (Lipinski definition) is 5. The highest BCUT2D eigenvalue weighted by atomic mass is 32.1. The number of thiazole rings is 1. The van der Waals surface area contributed by atoms with Gasteiger partial charge in [0.15, 0.2) is 0 Å². The van der Waals surface area contributed by atoms with Crippen molar-refractivity contribution in [3.05, 3.63) is 34.4 Å². The highest BCUT2D eigenvalue weighted by molar-refractivity contribution is 7.09. The smallest absolute Gasteiger partial charge is 0.213 e. The van der Waals surface area contributed by atoms with Gasteiger partial charge in [0, 0.05) is 17.1 Å². The van der Waals surface area contributed by atoms with E-state index in [1.807, 2.05) is 30.8 Å². The molecule has 2 aromatic heterocycles. The summed E-state index contributed by atoms with van der Waals surface area (Å²) in [5.41, 5.74) is 3.79. The standard InChI is InChI=1S/C11H13N3OS/c1-8-10(3-4-11(14-8)15-2)13-6-9-5-12-7-16-9/h3-5,7,13H,6H2,1-2H3. The van der Waals surface area contributed by atoms with E-state index in [2.05, 4.69) is 15.3 Å². The van der Waals surface area contributed by atoms with E-state index in [9.17, 15) is 0 Å². The molecule has 2 heterocycles. The summed E-state index contributed by atoms with van der Waals surface area (Å²) in [5, 5.41) is 3.32. The van der Waals surface area contributed by atoms with E-state index >= 15 is 0 Å². The van der Waals surface area contributed by atoms with Gasteiger partial charge in [0.05, 0.1) is 30.5 Å². The highest BCUT2D eigenvalue weighted by Crippen LogP contribution is 2.18. The quantitative estimate of drug-likeness (QED) is 0.884. The maximum absolute atomic E-state index is 5.05. The van der Waals surface area contributed by atoms with E-state index in [-0.39, 0.29) is 0 Å². The number of ether oxygens (including phenoxy) is 1. The minimum Gasteiger partial charge on any atom is -0.481 e. The van der Waals surface area contributed by atoms with Crippen LogP contribution < -0.4 is 10.1 Å². The Morgan fingerprint density at radius 2 is 2.31 bits per heavy atom. The van der Waals surface area contributed by atoms with Crippen molar-refractivity contribution in [2.75, 3.05) is 12.4 Å². The van der Waals surface area contributed by atoms with Crippen LogP contribution in [0.3, 0.4) is 0 Å². The molecule has 0 aromatic carbocycles.